The Morgan fingerprint density at radius 2 is 2.16 bits per heavy atom. The van der Waals surface area contributed by atoms with Crippen LogP contribution in [0.5, 0.6) is 5.75 Å². The summed E-state index contributed by atoms with van der Waals surface area (Å²) in [5.41, 5.74) is 2.98. The molecule has 0 bridgehead atoms. The molecule has 3 rings (SSSR count). The highest BCUT2D eigenvalue weighted by molar-refractivity contribution is 5.37. The molecule has 102 valence electrons. The fraction of sp³-hybridized carbons (Fsp3) is 0.529. The van der Waals surface area contributed by atoms with E-state index in [9.17, 15) is 0 Å². The molecule has 2 aliphatic rings. The Bertz CT molecular complexity index is 452. The summed E-state index contributed by atoms with van der Waals surface area (Å²) >= 11 is 0. The highest BCUT2D eigenvalue weighted by Gasteiger charge is 2.20. The van der Waals surface area contributed by atoms with E-state index in [4.69, 9.17) is 4.74 Å². The molecule has 1 unspecified atom stereocenters. The van der Waals surface area contributed by atoms with Gasteiger partial charge in [-0.1, -0.05) is 29.8 Å². The minimum absolute atomic E-state index is 0.467. The maximum atomic E-state index is 5.70. The molecule has 1 aliphatic carbocycles. The lowest BCUT2D eigenvalue weighted by molar-refractivity contribution is 0.253. The van der Waals surface area contributed by atoms with E-state index in [0.717, 1.165) is 25.3 Å². The lowest BCUT2D eigenvalue weighted by Crippen LogP contribution is -2.28. The molecule has 1 atom stereocenters. The van der Waals surface area contributed by atoms with Gasteiger partial charge in [0.25, 0.3) is 0 Å². The molecule has 1 heterocycles. The number of fused-ring (bicyclic) bond motifs is 1. The van der Waals surface area contributed by atoms with E-state index in [1.807, 2.05) is 6.07 Å². The summed E-state index contributed by atoms with van der Waals surface area (Å²) < 4.78 is 5.70. The van der Waals surface area contributed by atoms with E-state index in [2.05, 4.69) is 29.6 Å². The van der Waals surface area contributed by atoms with Crippen molar-refractivity contribution in [1.82, 2.24) is 5.32 Å². The van der Waals surface area contributed by atoms with Gasteiger partial charge in [-0.05, 0) is 44.7 Å². The number of hydrogen-bond donors (Lipinski definition) is 1. The molecule has 0 fully saturated rings. The van der Waals surface area contributed by atoms with Gasteiger partial charge in [0, 0.05) is 18.0 Å². The van der Waals surface area contributed by atoms with Gasteiger partial charge in [-0.3, -0.25) is 0 Å². The number of rotatable bonds is 4. The molecule has 0 saturated carbocycles. The molecular weight excluding hydrogens is 234 g/mol. The number of allylic oxidation sites excluding steroid dienone is 1. The number of hydrogen-bond acceptors (Lipinski definition) is 2. The van der Waals surface area contributed by atoms with E-state index in [1.165, 1.54) is 37.7 Å². The summed E-state index contributed by atoms with van der Waals surface area (Å²) in [6.45, 7) is 1.92. The largest absolute Gasteiger partial charge is 0.493 e. The van der Waals surface area contributed by atoms with Crippen LogP contribution in [0, 0.1) is 0 Å². The molecule has 2 nitrogen and oxygen atoms in total. The van der Waals surface area contributed by atoms with Gasteiger partial charge in [0.2, 0.25) is 0 Å². The minimum Gasteiger partial charge on any atom is -0.493 e. The molecule has 0 aromatic heterocycles. The standard InChI is InChI=1S/C17H23NO/c1-2-6-14(7-3-1)10-12-18-16-11-13-19-17-9-5-4-8-15(16)17/h4-6,8-9,16,18H,1-3,7,10-13H2. The minimum atomic E-state index is 0.467. The maximum Gasteiger partial charge on any atom is 0.124 e. The van der Waals surface area contributed by atoms with Crippen LogP contribution >= 0.6 is 0 Å². The zero-order valence-electron chi connectivity index (χ0n) is 11.5. The third-order valence-electron chi connectivity index (χ3n) is 4.18. The molecule has 1 aliphatic heterocycles. The van der Waals surface area contributed by atoms with Gasteiger partial charge in [-0.25, -0.2) is 0 Å². The van der Waals surface area contributed by atoms with Crippen LogP contribution in [-0.4, -0.2) is 13.2 Å². The first-order valence-electron chi connectivity index (χ1n) is 7.56. The van der Waals surface area contributed by atoms with Crippen molar-refractivity contribution < 1.29 is 4.74 Å². The van der Waals surface area contributed by atoms with Crippen molar-refractivity contribution in [3.05, 3.63) is 41.5 Å². The highest BCUT2D eigenvalue weighted by atomic mass is 16.5. The predicted octanol–water partition coefficient (Wildman–Crippen LogP) is 3.99. The summed E-state index contributed by atoms with van der Waals surface area (Å²) in [7, 11) is 0. The summed E-state index contributed by atoms with van der Waals surface area (Å²) in [6, 6.07) is 8.88. The predicted molar refractivity (Wildman–Crippen MR) is 78.5 cm³/mol. The number of para-hydroxylation sites is 1. The highest BCUT2D eigenvalue weighted by Crippen LogP contribution is 2.31. The van der Waals surface area contributed by atoms with Crippen molar-refractivity contribution in [3.63, 3.8) is 0 Å². The Kier molecular flexibility index (Phi) is 4.19. The van der Waals surface area contributed by atoms with Crippen LogP contribution in [0.25, 0.3) is 0 Å². The molecule has 0 amide bonds. The molecule has 1 N–H and O–H groups in total. The van der Waals surface area contributed by atoms with Crippen molar-refractivity contribution in [1.29, 1.82) is 0 Å². The first kappa shape index (κ1) is 12.7. The lowest BCUT2D eigenvalue weighted by Gasteiger charge is -2.27. The monoisotopic (exact) mass is 257 g/mol. The molecule has 1 aromatic rings. The van der Waals surface area contributed by atoms with Gasteiger partial charge >= 0.3 is 0 Å². The molecule has 2 heteroatoms. The van der Waals surface area contributed by atoms with Crippen LogP contribution in [0.3, 0.4) is 0 Å². The van der Waals surface area contributed by atoms with Crippen molar-refractivity contribution >= 4 is 0 Å². The Balaban J connectivity index is 1.55. The summed E-state index contributed by atoms with van der Waals surface area (Å²) in [5, 5.41) is 3.70. The van der Waals surface area contributed by atoms with Gasteiger partial charge in [-0.2, -0.15) is 0 Å². The molecule has 0 spiro atoms. The third kappa shape index (κ3) is 3.19. The zero-order chi connectivity index (χ0) is 12.9. The Morgan fingerprint density at radius 1 is 1.21 bits per heavy atom. The van der Waals surface area contributed by atoms with Gasteiger partial charge in [0.05, 0.1) is 6.61 Å². The molecular formula is C17H23NO. The van der Waals surface area contributed by atoms with Gasteiger partial charge in [-0.15, -0.1) is 0 Å². The van der Waals surface area contributed by atoms with Gasteiger partial charge in [0.15, 0.2) is 0 Å². The van der Waals surface area contributed by atoms with E-state index in [1.54, 1.807) is 5.57 Å². The first-order chi connectivity index (χ1) is 9.43. The van der Waals surface area contributed by atoms with Crippen LogP contribution in [-0.2, 0) is 0 Å². The summed E-state index contributed by atoms with van der Waals surface area (Å²) in [4.78, 5) is 0. The topological polar surface area (TPSA) is 21.3 Å². The number of ether oxygens (including phenoxy) is 1. The smallest absolute Gasteiger partial charge is 0.124 e. The molecule has 19 heavy (non-hydrogen) atoms. The third-order valence-corrected chi connectivity index (χ3v) is 4.18. The van der Waals surface area contributed by atoms with Crippen LogP contribution in [0.4, 0.5) is 0 Å². The van der Waals surface area contributed by atoms with E-state index in [-0.39, 0.29) is 0 Å². The van der Waals surface area contributed by atoms with Crippen LogP contribution in [0.15, 0.2) is 35.9 Å². The van der Waals surface area contributed by atoms with E-state index >= 15 is 0 Å². The zero-order valence-corrected chi connectivity index (χ0v) is 11.5. The van der Waals surface area contributed by atoms with E-state index < -0.39 is 0 Å². The molecule has 0 radical (unpaired) electrons. The van der Waals surface area contributed by atoms with Gasteiger partial charge in [0.1, 0.15) is 5.75 Å². The van der Waals surface area contributed by atoms with E-state index in [0.29, 0.717) is 6.04 Å². The quantitative estimate of drug-likeness (QED) is 0.823. The van der Waals surface area contributed by atoms with Crippen LogP contribution in [0.2, 0.25) is 0 Å². The molecule has 0 saturated heterocycles. The Hall–Kier alpha value is -1.28. The fourth-order valence-electron chi connectivity index (χ4n) is 3.09. The second-order valence-electron chi connectivity index (χ2n) is 5.54. The SMILES string of the molecule is C1=C(CCNC2CCOc3ccccc32)CCCC1. The van der Waals surface area contributed by atoms with Gasteiger partial charge < -0.3 is 10.1 Å². The van der Waals surface area contributed by atoms with Crippen molar-refractivity contribution in [2.45, 2.75) is 44.6 Å². The Morgan fingerprint density at radius 3 is 3.05 bits per heavy atom. The van der Waals surface area contributed by atoms with Crippen molar-refractivity contribution in [2.75, 3.05) is 13.2 Å². The fourth-order valence-corrected chi connectivity index (χ4v) is 3.09. The second kappa shape index (κ2) is 6.25. The number of benzene rings is 1. The first-order valence-corrected chi connectivity index (χ1v) is 7.56. The summed E-state index contributed by atoms with van der Waals surface area (Å²) in [6.07, 6.45) is 10.1. The summed E-state index contributed by atoms with van der Waals surface area (Å²) in [5.74, 6) is 1.06. The Labute approximate surface area is 115 Å². The average molecular weight is 257 g/mol. The second-order valence-corrected chi connectivity index (χ2v) is 5.54. The molecule has 1 aromatic carbocycles. The number of nitrogens with one attached hydrogen (secondary N) is 1. The van der Waals surface area contributed by atoms with Crippen molar-refractivity contribution in [2.24, 2.45) is 0 Å². The van der Waals surface area contributed by atoms with Crippen molar-refractivity contribution in [3.8, 4) is 5.75 Å². The lowest BCUT2D eigenvalue weighted by atomic mass is 9.96. The van der Waals surface area contributed by atoms with Crippen LogP contribution in [0.1, 0.15) is 50.1 Å². The van der Waals surface area contributed by atoms with Crippen LogP contribution < -0.4 is 10.1 Å². The maximum absolute atomic E-state index is 5.70. The normalized spacial score (nSPS) is 22.3. The average Bonchev–Trinajstić information content (AvgIpc) is 2.49.